The van der Waals surface area contributed by atoms with E-state index in [4.69, 9.17) is 11.5 Å². The first-order valence-corrected chi connectivity index (χ1v) is 28.7. The highest BCUT2D eigenvalue weighted by molar-refractivity contribution is 7.14. The fourth-order valence-corrected chi connectivity index (χ4v) is 15.1. The summed E-state index contributed by atoms with van der Waals surface area (Å²) in [7, 11) is 0. The minimum atomic E-state index is 0.584. The third-order valence-corrected chi connectivity index (χ3v) is 18.8. The zero-order chi connectivity index (χ0) is 52.8. The molecule has 0 fully saturated rings. The molecule has 0 unspecified atom stereocenters. The number of nitrogen functional groups attached to an aromatic ring is 2. The number of hydrogen-bond donors (Lipinski definition) is 2. The molecule has 0 saturated heterocycles. The van der Waals surface area contributed by atoms with Gasteiger partial charge in [0.05, 0.1) is 11.4 Å². The van der Waals surface area contributed by atoms with Gasteiger partial charge in [-0.1, -0.05) is 194 Å². The lowest BCUT2D eigenvalue weighted by atomic mass is 9.73. The predicted octanol–water partition coefficient (Wildman–Crippen LogP) is 20.4. The minimum Gasteiger partial charge on any atom is -0.397 e. The molecule has 12 aromatic rings. The highest BCUT2D eigenvalue weighted by Crippen LogP contribution is 2.62. The highest BCUT2D eigenvalue weighted by atomic mass is 32.1. The van der Waals surface area contributed by atoms with Crippen molar-refractivity contribution in [2.24, 2.45) is 0 Å². The molecule has 10 aromatic carbocycles. The van der Waals surface area contributed by atoms with Crippen LogP contribution in [0.25, 0.3) is 121 Å². The Labute approximate surface area is 465 Å². The van der Waals surface area contributed by atoms with Crippen molar-refractivity contribution in [2.75, 3.05) is 11.5 Å². The monoisotopic (exact) mass is 1040 g/mol. The number of nitrogens with two attached hydrogens (primary N) is 2. The number of rotatable bonds is 9. The van der Waals surface area contributed by atoms with Gasteiger partial charge < -0.3 is 11.5 Å². The van der Waals surface area contributed by atoms with Gasteiger partial charge in [-0.3, -0.25) is 0 Å². The van der Waals surface area contributed by atoms with Gasteiger partial charge in [0.15, 0.2) is 0 Å². The molecule has 78 heavy (non-hydrogen) atoms. The van der Waals surface area contributed by atoms with Crippen molar-refractivity contribution < 1.29 is 0 Å². The standard InChI is InChI=1S/C74H56N2S2/c1-43-45(3)63(59-37-21-39-77-59)68-57(41-51-31-19-35-54(65(51)68)48-25-11-6-12-26-48)61(43)71-67(50-29-15-8-16-30-50)70(56-34-18-17-33-53(56)47-23-9-5-10-24-47)73(75)74(76)72(71)62-44(2)46(4)64(60-38-22-40-78-60)69-58(62)42-52-32-20-36-55(66(52)69)49-27-13-7-14-28-49/h5-40H,41-42,75-76H2,1-4H3. The van der Waals surface area contributed by atoms with Gasteiger partial charge in [0.25, 0.3) is 0 Å². The Kier molecular flexibility index (Phi) is 11.6. The smallest absolute Gasteiger partial charge is 0.0640 e. The number of thiophene rings is 2. The van der Waals surface area contributed by atoms with Gasteiger partial charge in [-0.05, 0) is 186 Å². The Hall–Kier alpha value is -8.80. The first-order valence-electron chi connectivity index (χ1n) is 27.0. The van der Waals surface area contributed by atoms with Crippen LogP contribution in [0.15, 0.2) is 217 Å². The lowest BCUT2D eigenvalue weighted by Crippen LogP contribution is -2.10. The van der Waals surface area contributed by atoms with Crippen molar-refractivity contribution in [3.8, 4) is 121 Å². The van der Waals surface area contributed by atoms with Crippen LogP contribution in [0.4, 0.5) is 11.4 Å². The SMILES string of the molecule is Cc1c(C)c(-c2cccs2)c2c(c1-c1c(N)c(N)c(-c3ccccc3-c3ccccc3)c(-c3ccccc3)c1-c1c(C)c(C)c(-c3cccs3)c3c1Cc1cccc(-c4ccccc4)c1-3)Cc1cccc(-c3ccccc3)c1-2. The van der Waals surface area contributed by atoms with Crippen LogP contribution in [-0.4, -0.2) is 0 Å². The number of fused-ring (bicyclic) bond motifs is 6. The third kappa shape index (κ3) is 7.35. The molecule has 374 valence electrons. The maximum Gasteiger partial charge on any atom is 0.0640 e. The molecule has 0 atom stereocenters. The highest BCUT2D eigenvalue weighted by Gasteiger charge is 2.38. The van der Waals surface area contributed by atoms with Crippen molar-refractivity contribution in [3.63, 3.8) is 0 Å². The molecule has 2 aliphatic rings. The summed E-state index contributed by atoms with van der Waals surface area (Å²) in [5.74, 6) is 0. The van der Waals surface area contributed by atoms with Crippen molar-refractivity contribution >= 4 is 34.0 Å². The Morgan fingerprint density at radius 3 is 1.09 bits per heavy atom. The minimum absolute atomic E-state index is 0.584. The molecular formula is C74H56N2S2. The first kappa shape index (κ1) is 47.6. The molecule has 0 aliphatic heterocycles. The molecule has 14 rings (SSSR count). The summed E-state index contributed by atoms with van der Waals surface area (Å²) in [6.45, 7) is 9.41. The molecule has 2 heterocycles. The second-order valence-electron chi connectivity index (χ2n) is 21.0. The molecular weight excluding hydrogens is 981 g/mol. The largest absolute Gasteiger partial charge is 0.397 e. The van der Waals surface area contributed by atoms with E-state index in [1.165, 1.54) is 121 Å². The summed E-state index contributed by atoms with van der Waals surface area (Å²) >= 11 is 3.64. The summed E-state index contributed by atoms with van der Waals surface area (Å²) in [6, 6.07) is 75.2. The van der Waals surface area contributed by atoms with E-state index in [9.17, 15) is 0 Å². The molecule has 2 aromatic heterocycles. The summed E-state index contributed by atoms with van der Waals surface area (Å²) in [6.07, 6.45) is 1.50. The Bertz CT molecular complexity index is 4330. The Balaban J connectivity index is 1.20. The molecule has 0 amide bonds. The fourth-order valence-electron chi connectivity index (χ4n) is 13.4. The van der Waals surface area contributed by atoms with E-state index in [0.717, 1.165) is 57.3 Å². The molecule has 4 heteroatoms. The van der Waals surface area contributed by atoms with Crippen LogP contribution in [0, 0.1) is 27.7 Å². The van der Waals surface area contributed by atoms with E-state index >= 15 is 0 Å². The van der Waals surface area contributed by atoms with Crippen molar-refractivity contribution in [2.45, 2.75) is 40.5 Å². The van der Waals surface area contributed by atoms with Gasteiger partial charge >= 0.3 is 0 Å². The summed E-state index contributed by atoms with van der Waals surface area (Å²) < 4.78 is 0. The van der Waals surface area contributed by atoms with Gasteiger partial charge in [-0.2, -0.15) is 0 Å². The maximum absolute atomic E-state index is 8.20. The van der Waals surface area contributed by atoms with Crippen LogP contribution >= 0.6 is 22.7 Å². The van der Waals surface area contributed by atoms with E-state index in [2.05, 4.69) is 245 Å². The fraction of sp³-hybridized carbons (Fsp3) is 0.0811. The van der Waals surface area contributed by atoms with E-state index in [1.54, 1.807) is 0 Å². The number of anilines is 2. The number of hydrogen-bond acceptors (Lipinski definition) is 4. The average Bonchev–Trinajstić information content (AvgIpc) is 4.46. The predicted molar refractivity (Wildman–Crippen MR) is 335 cm³/mol. The summed E-state index contributed by atoms with van der Waals surface area (Å²) in [5, 5.41) is 4.43. The average molecular weight is 1040 g/mol. The van der Waals surface area contributed by atoms with E-state index in [0.29, 0.717) is 11.4 Å². The topological polar surface area (TPSA) is 52.0 Å². The normalized spacial score (nSPS) is 12.1. The molecule has 0 radical (unpaired) electrons. The molecule has 2 nitrogen and oxygen atoms in total. The lowest BCUT2D eigenvalue weighted by Gasteiger charge is -2.31. The van der Waals surface area contributed by atoms with Gasteiger partial charge in [0, 0.05) is 43.1 Å². The van der Waals surface area contributed by atoms with Crippen LogP contribution in [0.1, 0.15) is 44.5 Å². The molecule has 2 aliphatic carbocycles. The third-order valence-electron chi connectivity index (χ3n) is 17.0. The van der Waals surface area contributed by atoms with Crippen LogP contribution in [0.3, 0.4) is 0 Å². The van der Waals surface area contributed by atoms with Crippen LogP contribution in [0.5, 0.6) is 0 Å². The van der Waals surface area contributed by atoms with Crippen molar-refractivity contribution in [3.05, 3.63) is 262 Å². The summed E-state index contributed by atoms with van der Waals surface area (Å²) in [5.41, 5.74) is 51.2. The van der Waals surface area contributed by atoms with E-state index in [1.807, 2.05) is 22.7 Å². The van der Waals surface area contributed by atoms with Gasteiger partial charge in [-0.25, -0.2) is 0 Å². The quantitative estimate of drug-likeness (QED) is 0.142. The Morgan fingerprint density at radius 1 is 0.269 bits per heavy atom. The maximum atomic E-state index is 8.20. The van der Waals surface area contributed by atoms with Crippen LogP contribution in [0.2, 0.25) is 0 Å². The zero-order valence-corrected chi connectivity index (χ0v) is 45.8. The van der Waals surface area contributed by atoms with Gasteiger partial charge in [0.2, 0.25) is 0 Å². The number of benzene rings is 10. The Morgan fingerprint density at radius 2 is 0.641 bits per heavy atom. The molecule has 0 spiro atoms. The zero-order valence-electron chi connectivity index (χ0n) is 44.2. The second-order valence-corrected chi connectivity index (χ2v) is 22.9. The van der Waals surface area contributed by atoms with E-state index < -0.39 is 0 Å². The van der Waals surface area contributed by atoms with Gasteiger partial charge in [-0.15, -0.1) is 22.7 Å². The molecule has 4 N–H and O–H groups in total. The van der Waals surface area contributed by atoms with Crippen LogP contribution in [-0.2, 0) is 12.8 Å². The van der Waals surface area contributed by atoms with E-state index in [-0.39, 0.29) is 0 Å². The van der Waals surface area contributed by atoms with Gasteiger partial charge in [0.1, 0.15) is 0 Å². The van der Waals surface area contributed by atoms with Crippen molar-refractivity contribution in [1.82, 2.24) is 0 Å². The first-order chi connectivity index (χ1) is 38.3. The van der Waals surface area contributed by atoms with Crippen LogP contribution < -0.4 is 11.5 Å². The molecule has 0 bridgehead atoms. The lowest BCUT2D eigenvalue weighted by molar-refractivity contribution is 1.22. The summed E-state index contributed by atoms with van der Waals surface area (Å²) in [4.78, 5) is 2.53. The van der Waals surface area contributed by atoms with Crippen molar-refractivity contribution in [1.29, 1.82) is 0 Å². The second kappa shape index (κ2) is 19.0. The molecule has 0 saturated carbocycles.